The fourth-order valence-electron chi connectivity index (χ4n) is 2.01. The first-order chi connectivity index (χ1) is 7.16. The van der Waals surface area contributed by atoms with E-state index in [9.17, 15) is 0 Å². The van der Waals surface area contributed by atoms with Crippen LogP contribution in [-0.4, -0.2) is 18.5 Å². The number of benzene rings is 1. The zero-order chi connectivity index (χ0) is 11.3. The molecule has 0 aliphatic heterocycles. The Labute approximate surface area is 92.1 Å². The summed E-state index contributed by atoms with van der Waals surface area (Å²) in [6, 6.07) is 12.9. The van der Waals surface area contributed by atoms with Crippen LogP contribution in [0.3, 0.4) is 0 Å². The number of nitriles is 1. The Bertz CT molecular complexity index is 324. The molecule has 0 spiro atoms. The van der Waals surface area contributed by atoms with E-state index >= 15 is 0 Å². The van der Waals surface area contributed by atoms with Crippen molar-refractivity contribution in [2.75, 3.05) is 13.6 Å². The molecular formula is C13H18N2. The Morgan fingerprint density at radius 2 is 1.87 bits per heavy atom. The largest absolute Gasteiger partial charge is 0.286 e. The summed E-state index contributed by atoms with van der Waals surface area (Å²) in [5.74, 6) is 0.505. The lowest BCUT2D eigenvalue weighted by Gasteiger charge is -2.29. The maximum Gasteiger partial charge on any atom is 0.0868 e. The Balaban J connectivity index is 2.89. The van der Waals surface area contributed by atoms with Crippen LogP contribution >= 0.6 is 0 Å². The average Bonchev–Trinajstić information content (AvgIpc) is 2.19. The van der Waals surface area contributed by atoms with Gasteiger partial charge in [-0.15, -0.1) is 0 Å². The molecule has 0 aromatic heterocycles. The Hall–Kier alpha value is -1.33. The maximum absolute atomic E-state index is 8.72. The molecule has 2 heteroatoms. The van der Waals surface area contributed by atoms with Crippen LogP contribution in [0.25, 0.3) is 0 Å². The minimum Gasteiger partial charge on any atom is -0.286 e. The van der Waals surface area contributed by atoms with E-state index in [-0.39, 0.29) is 0 Å². The van der Waals surface area contributed by atoms with Gasteiger partial charge in [0.1, 0.15) is 0 Å². The molecule has 0 unspecified atom stereocenters. The molecule has 0 saturated heterocycles. The van der Waals surface area contributed by atoms with Crippen molar-refractivity contribution in [2.24, 2.45) is 5.92 Å². The fourth-order valence-corrected chi connectivity index (χ4v) is 2.01. The molecule has 1 aromatic carbocycles. The summed E-state index contributed by atoms with van der Waals surface area (Å²) < 4.78 is 0. The minimum absolute atomic E-state index is 0.325. The van der Waals surface area contributed by atoms with Crippen LogP contribution in [0.15, 0.2) is 30.3 Å². The number of nitrogens with zero attached hydrogens (tertiary/aromatic N) is 2. The lowest BCUT2D eigenvalue weighted by Crippen LogP contribution is -2.28. The van der Waals surface area contributed by atoms with Crippen LogP contribution in [-0.2, 0) is 0 Å². The van der Waals surface area contributed by atoms with Crippen LogP contribution in [0, 0.1) is 17.2 Å². The highest BCUT2D eigenvalue weighted by Crippen LogP contribution is 2.26. The van der Waals surface area contributed by atoms with E-state index in [0.29, 0.717) is 18.5 Å². The zero-order valence-electron chi connectivity index (χ0n) is 9.64. The van der Waals surface area contributed by atoms with Gasteiger partial charge < -0.3 is 0 Å². The molecular weight excluding hydrogens is 184 g/mol. The summed E-state index contributed by atoms with van der Waals surface area (Å²) in [4.78, 5) is 2.10. The monoisotopic (exact) mass is 202 g/mol. The third kappa shape index (κ3) is 3.07. The summed E-state index contributed by atoms with van der Waals surface area (Å²) in [5, 5.41) is 8.72. The maximum atomic E-state index is 8.72. The van der Waals surface area contributed by atoms with Crippen molar-refractivity contribution >= 4 is 0 Å². The molecule has 0 aliphatic rings. The number of hydrogen-bond donors (Lipinski definition) is 0. The van der Waals surface area contributed by atoms with E-state index in [1.165, 1.54) is 5.56 Å². The highest BCUT2D eigenvalue weighted by atomic mass is 15.1. The summed E-state index contributed by atoms with van der Waals surface area (Å²) in [7, 11) is 2.00. The van der Waals surface area contributed by atoms with Gasteiger partial charge in [-0.1, -0.05) is 44.2 Å². The first-order valence-electron chi connectivity index (χ1n) is 5.29. The van der Waals surface area contributed by atoms with Crippen molar-refractivity contribution in [3.05, 3.63) is 35.9 Å². The van der Waals surface area contributed by atoms with E-state index in [1.54, 1.807) is 0 Å². The number of rotatable bonds is 4. The van der Waals surface area contributed by atoms with Gasteiger partial charge in [-0.2, -0.15) is 5.26 Å². The van der Waals surface area contributed by atoms with Crippen LogP contribution in [0.5, 0.6) is 0 Å². The highest BCUT2D eigenvalue weighted by Gasteiger charge is 2.19. The normalized spacial score (nSPS) is 12.8. The van der Waals surface area contributed by atoms with Crippen molar-refractivity contribution in [2.45, 2.75) is 19.9 Å². The summed E-state index contributed by atoms with van der Waals surface area (Å²) in [6.45, 7) is 4.84. The molecule has 1 aromatic rings. The molecule has 0 fully saturated rings. The lowest BCUT2D eigenvalue weighted by atomic mass is 9.95. The summed E-state index contributed by atoms with van der Waals surface area (Å²) in [6.07, 6.45) is 0. The number of hydrogen-bond acceptors (Lipinski definition) is 2. The highest BCUT2D eigenvalue weighted by molar-refractivity contribution is 5.19. The van der Waals surface area contributed by atoms with Gasteiger partial charge in [-0.05, 0) is 18.5 Å². The molecule has 1 rings (SSSR count). The topological polar surface area (TPSA) is 27.0 Å². The molecule has 2 nitrogen and oxygen atoms in total. The molecule has 80 valence electrons. The van der Waals surface area contributed by atoms with Crippen molar-refractivity contribution in [1.29, 1.82) is 5.26 Å². The quantitative estimate of drug-likeness (QED) is 0.702. The van der Waals surface area contributed by atoms with Gasteiger partial charge in [-0.3, -0.25) is 4.90 Å². The van der Waals surface area contributed by atoms with E-state index < -0.39 is 0 Å². The second-order valence-corrected chi connectivity index (χ2v) is 4.17. The van der Waals surface area contributed by atoms with Crippen LogP contribution in [0.1, 0.15) is 25.5 Å². The van der Waals surface area contributed by atoms with E-state index in [2.05, 4.69) is 36.9 Å². The Kier molecular flexibility index (Phi) is 4.33. The van der Waals surface area contributed by atoms with Crippen molar-refractivity contribution in [3.8, 4) is 6.07 Å². The zero-order valence-corrected chi connectivity index (χ0v) is 9.64. The SMILES string of the molecule is CC(C)[C@H](c1ccccc1)N(C)CC#N. The van der Waals surface area contributed by atoms with Gasteiger partial charge >= 0.3 is 0 Å². The van der Waals surface area contributed by atoms with Crippen molar-refractivity contribution < 1.29 is 0 Å². The second kappa shape index (κ2) is 5.53. The van der Waals surface area contributed by atoms with Crippen LogP contribution < -0.4 is 0 Å². The molecule has 1 atom stereocenters. The van der Waals surface area contributed by atoms with E-state index in [0.717, 1.165) is 0 Å². The fraction of sp³-hybridized carbons (Fsp3) is 0.462. The molecule has 0 bridgehead atoms. The van der Waals surface area contributed by atoms with Crippen molar-refractivity contribution in [3.63, 3.8) is 0 Å². The lowest BCUT2D eigenvalue weighted by molar-refractivity contribution is 0.215. The third-order valence-corrected chi connectivity index (χ3v) is 2.57. The van der Waals surface area contributed by atoms with Gasteiger partial charge in [-0.25, -0.2) is 0 Å². The second-order valence-electron chi connectivity index (χ2n) is 4.17. The van der Waals surface area contributed by atoms with Gasteiger partial charge in [0.15, 0.2) is 0 Å². The third-order valence-electron chi connectivity index (χ3n) is 2.57. The van der Waals surface area contributed by atoms with Gasteiger partial charge in [0, 0.05) is 6.04 Å². The van der Waals surface area contributed by atoms with E-state index in [1.807, 2.05) is 25.2 Å². The molecule has 0 aliphatic carbocycles. The molecule has 0 radical (unpaired) electrons. The van der Waals surface area contributed by atoms with Crippen LogP contribution in [0.2, 0.25) is 0 Å². The van der Waals surface area contributed by atoms with Gasteiger partial charge in [0.2, 0.25) is 0 Å². The molecule has 15 heavy (non-hydrogen) atoms. The van der Waals surface area contributed by atoms with Crippen LogP contribution in [0.4, 0.5) is 0 Å². The molecule has 0 amide bonds. The molecule has 0 N–H and O–H groups in total. The average molecular weight is 202 g/mol. The van der Waals surface area contributed by atoms with E-state index in [4.69, 9.17) is 5.26 Å². The summed E-state index contributed by atoms with van der Waals surface area (Å²) >= 11 is 0. The Morgan fingerprint density at radius 1 is 1.27 bits per heavy atom. The summed E-state index contributed by atoms with van der Waals surface area (Å²) in [5.41, 5.74) is 1.28. The van der Waals surface area contributed by atoms with Crippen molar-refractivity contribution in [1.82, 2.24) is 4.90 Å². The predicted molar refractivity (Wildman–Crippen MR) is 62.3 cm³/mol. The standard InChI is InChI=1S/C13H18N2/c1-11(2)13(15(3)10-9-14)12-7-5-4-6-8-12/h4-8,11,13H,10H2,1-3H3/t13-/m1/s1. The first kappa shape index (κ1) is 11.7. The smallest absolute Gasteiger partial charge is 0.0868 e. The molecule has 0 saturated carbocycles. The minimum atomic E-state index is 0.325. The molecule has 0 heterocycles. The van der Waals surface area contributed by atoms with Gasteiger partial charge in [0.05, 0.1) is 12.6 Å². The van der Waals surface area contributed by atoms with Gasteiger partial charge in [0.25, 0.3) is 0 Å². The Morgan fingerprint density at radius 3 is 2.33 bits per heavy atom. The first-order valence-corrected chi connectivity index (χ1v) is 5.29. The predicted octanol–water partition coefficient (Wildman–Crippen LogP) is 2.84.